The number of para-hydroxylation sites is 1. The van der Waals surface area contributed by atoms with Crippen LogP contribution in [0, 0.1) is 0 Å². The minimum Gasteiger partial charge on any atom is -0.368 e. The Hall–Kier alpha value is -2.50. The van der Waals surface area contributed by atoms with Crippen molar-refractivity contribution < 1.29 is 9.59 Å². The zero-order valence-corrected chi connectivity index (χ0v) is 16.8. The second-order valence-corrected chi connectivity index (χ2v) is 7.63. The summed E-state index contributed by atoms with van der Waals surface area (Å²) in [5.74, 6) is -0.118. The van der Waals surface area contributed by atoms with Gasteiger partial charge in [0.15, 0.2) is 0 Å². The lowest BCUT2D eigenvalue weighted by Crippen LogP contribution is -2.55. The van der Waals surface area contributed by atoms with Crippen molar-refractivity contribution in [3.05, 3.63) is 42.0 Å². The van der Waals surface area contributed by atoms with E-state index in [1.807, 2.05) is 18.2 Å². The SMILES string of the molecule is CC(NC(=O)N1CCN(c2ccccc2)CC1)C(=O)NCCC1=CCCCC1. The lowest BCUT2D eigenvalue weighted by Gasteiger charge is -2.36. The Labute approximate surface area is 168 Å². The summed E-state index contributed by atoms with van der Waals surface area (Å²) in [6.45, 7) is 5.29. The highest BCUT2D eigenvalue weighted by molar-refractivity contribution is 5.86. The molecule has 152 valence electrons. The van der Waals surface area contributed by atoms with E-state index in [1.165, 1.54) is 24.1 Å². The van der Waals surface area contributed by atoms with Crippen LogP contribution in [0.4, 0.5) is 10.5 Å². The number of carbonyl (C=O) groups excluding carboxylic acids is 2. The number of carbonyl (C=O) groups is 2. The molecule has 0 radical (unpaired) electrons. The monoisotopic (exact) mass is 384 g/mol. The average Bonchev–Trinajstić information content (AvgIpc) is 2.75. The number of piperazine rings is 1. The van der Waals surface area contributed by atoms with Gasteiger partial charge in [0.1, 0.15) is 6.04 Å². The quantitative estimate of drug-likeness (QED) is 0.741. The molecule has 2 N–H and O–H groups in total. The number of rotatable bonds is 6. The summed E-state index contributed by atoms with van der Waals surface area (Å²) < 4.78 is 0. The summed E-state index contributed by atoms with van der Waals surface area (Å²) in [5, 5.41) is 5.78. The Morgan fingerprint density at radius 1 is 1.07 bits per heavy atom. The molecule has 1 aromatic carbocycles. The molecule has 0 bridgehead atoms. The normalized spacial score (nSPS) is 18.2. The molecule has 1 saturated heterocycles. The minimum atomic E-state index is -0.528. The summed E-state index contributed by atoms with van der Waals surface area (Å²) in [7, 11) is 0. The molecule has 1 heterocycles. The van der Waals surface area contributed by atoms with E-state index in [-0.39, 0.29) is 11.9 Å². The number of nitrogens with zero attached hydrogens (tertiary/aromatic N) is 2. The van der Waals surface area contributed by atoms with E-state index in [9.17, 15) is 9.59 Å². The topological polar surface area (TPSA) is 64.7 Å². The summed E-state index contributed by atoms with van der Waals surface area (Å²) >= 11 is 0. The Bertz CT molecular complexity index is 681. The molecule has 3 rings (SSSR count). The van der Waals surface area contributed by atoms with Crippen molar-refractivity contribution in [3.8, 4) is 0 Å². The molecule has 1 unspecified atom stereocenters. The van der Waals surface area contributed by atoms with E-state index in [2.05, 4.69) is 33.7 Å². The molecule has 6 nitrogen and oxygen atoms in total. The number of allylic oxidation sites excluding steroid dienone is 1. The molecule has 1 aliphatic carbocycles. The van der Waals surface area contributed by atoms with Crippen LogP contribution in [0.1, 0.15) is 39.0 Å². The predicted molar refractivity (Wildman–Crippen MR) is 112 cm³/mol. The number of hydrogen-bond donors (Lipinski definition) is 2. The zero-order valence-electron chi connectivity index (χ0n) is 16.8. The van der Waals surface area contributed by atoms with Crippen LogP contribution >= 0.6 is 0 Å². The number of urea groups is 1. The number of amides is 3. The van der Waals surface area contributed by atoms with Gasteiger partial charge >= 0.3 is 6.03 Å². The molecule has 1 fully saturated rings. The molecular weight excluding hydrogens is 352 g/mol. The molecule has 1 aromatic rings. The second kappa shape index (κ2) is 10.2. The number of nitrogens with one attached hydrogen (secondary N) is 2. The second-order valence-electron chi connectivity index (χ2n) is 7.63. The van der Waals surface area contributed by atoms with Crippen LogP contribution in [0.25, 0.3) is 0 Å². The highest BCUT2D eigenvalue weighted by Gasteiger charge is 2.24. The van der Waals surface area contributed by atoms with Gasteiger partial charge in [0.25, 0.3) is 0 Å². The van der Waals surface area contributed by atoms with E-state index in [1.54, 1.807) is 11.8 Å². The maximum absolute atomic E-state index is 12.5. The van der Waals surface area contributed by atoms with Crippen molar-refractivity contribution in [2.45, 2.75) is 45.1 Å². The van der Waals surface area contributed by atoms with E-state index in [0.717, 1.165) is 32.4 Å². The number of anilines is 1. The van der Waals surface area contributed by atoms with E-state index < -0.39 is 6.04 Å². The zero-order chi connectivity index (χ0) is 19.8. The number of benzene rings is 1. The van der Waals surface area contributed by atoms with Gasteiger partial charge in [-0.3, -0.25) is 4.79 Å². The predicted octanol–water partition coefficient (Wildman–Crippen LogP) is 2.91. The van der Waals surface area contributed by atoms with Crippen molar-refractivity contribution >= 4 is 17.6 Å². The molecular formula is C22H32N4O2. The first-order chi connectivity index (χ1) is 13.6. The van der Waals surface area contributed by atoms with Crippen LogP contribution in [-0.2, 0) is 4.79 Å². The third kappa shape index (κ3) is 5.75. The fraction of sp³-hybridized carbons (Fsp3) is 0.545. The standard InChI is InChI=1S/C22H32N4O2/c1-18(21(27)23-13-12-19-8-4-2-5-9-19)24-22(28)26-16-14-25(15-17-26)20-10-6-3-7-11-20/h3,6-8,10-11,18H,2,4-5,9,12-17H2,1H3,(H,23,27)(H,24,28). The van der Waals surface area contributed by atoms with Gasteiger partial charge < -0.3 is 20.4 Å². The van der Waals surface area contributed by atoms with E-state index in [4.69, 9.17) is 0 Å². The summed E-state index contributed by atoms with van der Waals surface area (Å²) in [6, 6.07) is 9.55. The van der Waals surface area contributed by atoms with Crippen molar-refractivity contribution in [3.63, 3.8) is 0 Å². The molecule has 1 aliphatic heterocycles. The van der Waals surface area contributed by atoms with Gasteiger partial charge in [-0.05, 0) is 51.2 Å². The summed E-state index contributed by atoms with van der Waals surface area (Å²) in [4.78, 5) is 28.8. The highest BCUT2D eigenvalue weighted by atomic mass is 16.2. The molecule has 6 heteroatoms. The van der Waals surface area contributed by atoms with Crippen molar-refractivity contribution in [2.24, 2.45) is 0 Å². The third-order valence-corrected chi connectivity index (χ3v) is 5.55. The lowest BCUT2D eigenvalue weighted by molar-refractivity contribution is -0.122. The van der Waals surface area contributed by atoms with Crippen LogP contribution in [0.5, 0.6) is 0 Å². The minimum absolute atomic E-state index is 0.118. The van der Waals surface area contributed by atoms with Crippen molar-refractivity contribution in [1.82, 2.24) is 15.5 Å². The maximum atomic E-state index is 12.5. The largest absolute Gasteiger partial charge is 0.368 e. The summed E-state index contributed by atoms with van der Waals surface area (Å²) in [5.41, 5.74) is 2.63. The molecule has 0 aromatic heterocycles. The maximum Gasteiger partial charge on any atom is 0.318 e. The van der Waals surface area contributed by atoms with E-state index >= 15 is 0 Å². The number of hydrogen-bond acceptors (Lipinski definition) is 3. The van der Waals surface area contributed by atoms with Crippen LogP contribution < -0.4 is 15.5 Å². The summed E-state index contributed by atoms with van der Waals surface area (Å²) in [6.07, 6.45) is 8.05. The molecule has 3 amide bonds. The molecule has 0 saturated carbocycles. The van der Waals surface area contributed by atoms with Gasteiger partial charge in [0, 0.05) is 38.4 Å². The Morgan fingerprint density at radius 2 is 1.82 bits per heavy atom. The smallest absolute Gasteiger partial charge is 0.318 e. The molecule has 28 heavy (non-hydrogen) atoms. The lowest BCUT2D eigenvalue weighted by atomic mass is 9.97. The first-order valence-electron chi connectivity index (χ1n) is 10.4. The van der Waals surface area contributed by atoms with Crippen LogP contribution in [0.2, 0.25) is 0 Å². The highest BCUT2D eigenvalue weighted by Crippen LogP contribution is 2.19. The van der Waals surface area contributed by atoms with Crippen LogP contribution in [0.3, 0.4) is 0 Å². The van der Waals surface area contributed by atoms with Crippen LogP contribution in [0.15, 0.2) is 42.0 Å². The Morgan fingerprint density at radius 3 is 2.50 bits per heavy atom. The molecule has 2 aliphatic rings. The average molecular weight is 385 g/mol. The van der Waals surface area contributed by atoms with Gasteiger partial charge in [-0.2, -0.15) is 0 Å². The Balaban J connectivity index is 1.36. The van der Waals surface area contributed by atoms with Gasteiger partial charge in [0.05, 0.1) is 0 Å². The van der Waals surface area contributed by atoms with Crippen molar-refractivity contribution in [2.75, 3.05) is 37.6 Å². The first-order valence-corrected chi connectivity index (χ1v) is 10.4. The van der Waals surface area contributed by atoms with E-state index in [0.29, 0.717) is 19.6 Å². The fourth-order valence-corrected chi connectivity index (χ4v) is 3.78. The molecule has 1 atom stereocenters. The van der Waals surface area contributed by atoms with Gasteiger partial charge in [-0.15, -0.1) is 0 Å². The van der Waals surface area contributed by atoms with Gasteiger partial charge in [-0.1, -0.05) is 29.8 Å². The van der Waals surface area contributed by atoms with Gasteiger partial charge in [0.2, 0.25) is 5.91 Å². The Kier molecular flexibility index (Phi) is 7.34. The third-order valence-electron chi connectivity index (χ3n) is 5.55. The van der Waals surface area contributed by atoms with Gasteiger partial charge in [-0.25, -0.2) is 4.79 Å². The first kappa shape index (κ1) is 20.2. The van der Waals surface area contributed by atoms with Crippen LogP contribution in [-0.4, -0.2) is 55.6 Å². The van der Waals surface area contributed by atoms with Crippen molar-refractivity contribution in [1.29, 1.82) is 0 Å². The molecule has 0 spiro atoms. The fourth-order valence-electron chi connectivity index (χ4n) is 3.78.